The highest BCUT2D eigenvalue weighted by molar-refractivity contribution is 14.1. The smallest absolute Gasteiger partial charge is 0.257 e. The van der Waals surface area contributed by atoms with Crippen LogP contribution in [0.2, 0.25) is 0 Å². The van der Waals surface area contributed by atoms with Crippen LogP contribution in [0.5, 0.6) is 0 Å². The van der Waals surface area contributed by atoms with Crippen LogP contribution in [-0.4, -0.2) is 27.1 Å². The molecule has 0 aliphatic carbocycles. The monoisotopic (exact) mass is 474 g/mol. The number of fused-ring (bicyclic) bond motifs is 3. The van der Waals surface area contributed by atoms with Gasteiger partial charge in [-0.1, -0.05) is 0 Å². The van der Waals surface area contributed by atoms with Gasteiger partial charge in [0, 0.05) is 37.3 Å². The van der Waals surface area contributed by atoms with E-state index >= 15 is 0 Å². The van der Waals surface area contributed by atoms with E-state index in [1.165, 1.54) is 0 Å². The van der Waals surface area contributed by atoms with Crippen LogP contribution in [0, 0.1) is 10.5 Å². The van der Waals surface area contributed by atoms with E-state index in [0.29, 0.717) is 11.3 Å². The molecule has 4 rings (SSSR count). The van der Waals surface area contributed by atoms with Crippen LogP contribution in [0.4, 0.5) is 5.69 Å². The number of pyridine rings is 2. The molecular formula is C19H15IN4OS. The van der Waals surface area contributed by atoms with Crippen LogP contribution >= 0.6 is 34.4 Å². The van der Waals surface area contributed by atoms with Crippen LogP contribution in [0.15, 0.2) is 47.8 Å². The second-order valence-corrected chi connectivity index (χ2v) is 7.80. The Bertz CT molecular complexity index is 1160. The van der Waals surface area contributed by atoms with Crippen molar-refractivity contribution in [3.63, 3.8) is 0 Å². The van der Waals surface area contributed by atoms with Crippen molar-refractivity contribution >= 4 is 67.8 Å². The molecule has 3 heterocycles. The first kappa shape index (κ1) is 17.3. The Kier molecular flexibility index (Phi) is 4.58. The molecule has 2 N–H and O–H groups in total. The first-order valence-corrected chi connectivity index (χ1v) is 10.3. The topological polar surface area (TPSA) is 70.7 Å². The van der Waals surface area contributed by atoms with Crippen molar-refractivity contribution in [2.24, 2.45) is 0 Å². The fraction of sp³-hybridized carbons (Fsp3) is 0.105. The van der Waals surface area contributed by atoms with E-state index in [0.717, 1.165) is 36.0 Å². The molecule has 0 bridgehead atoms. The number of hydrogen-bond acceptors (Lipinski definition) is 4. The Hall–Kier alpha value is -2.13. The Balaban J connectivity index is 1.92. The summed E-state index contributed by atoms with van der Waals surface area (Å²) in [6.07, 6.45) is 7.28. The molecule has 0 fully saturated rings. The molecule has 0 atom stereocenters. The molecule has 130 valence electrons. The summed E-state index contributed by atoms with van der Waals surface area (Å²) in [5.74, 6) is -0.161. The first-order chi connectivity index (χ1) is 12.6. The number of aromatic nitrogens is 3. The largest absolute Gasteiger partial charge is 0.352 e. The average Bonchev–Trinajstić information content (AvgIpc) is 3.01. The van der Waals surface area contributed by atoms with Crippen molar-refractivity contribution in [3.8, 4) is 0 Å². The lowest BCUT2D eigenvalue weighted by molar-refractivity contribution is 0.102. The molecule has 7 heteroatoms. The molecule has 4 aromatic rings. The first-order valence-electron chi connectivity index (χ1n) is 7.95. The number of halogens is 1. The van der Waals surface area contributed by atoms with Gasteiger partial charge in [-0.15, -0.1) is 11.8 Å². The standard InChI is InChI=1S/C19H15IN4OS/c1-10-11(4-3-6-22-10)19(25)24-17-16-13(8-14(20)18(17)26-2)12-5-7-21-9-15(12)23-16/h3-9,23H,1-2H3,(H,24,25). The zero-order valence-corrected chi connectivity index (χ0v) is 17.1. The Labute approximate surface area is 168 Å². The average molecular weight is 474 g/mol. The number of anilines is 1. The predicted octanol–water partition coefficient (Wildman–Crippen LogP) is 5.00. The van der Waals surface area contributed by atoms with Crippen LogP contribution in [0.1, 0.15) is 16.1 Å². The van der Waals surface area contributed by atoms with Crippen molar-refractivity contribution in [2.75, 3.05) is 11.6 Å². The molecule has 26 heavy (non-hydrogen) atoms. The zero-order valence-electron chi connectivity index (χ0n) is 14.1. The van der Waals surface area contributed by atoms with E-state index in [4.69, 9.17) is 0 Å². The summed E-state index contributed by atoms with van der Waals surface area (Å²) in [5, 5.41) is 5.27. The minimum Gasteiger partial charge on any atom is -0.352 e. The number of aryl methyl sites for hydroxylation is 1. The lowest BCUT2D eigenvalue weighted by Crippen LogP contribution is -2.15. The maximum absolute atomic E-state index is 12.9. The summed E-state index contributed by atoms with van der Waals surface area (Å²) in [6, 6.07) is 7.69. The Morgan fingerprint density at radius 1 is 1.27 bits per heavy atom. The van der Waals surface area contributed by atoms with E-state index in [1.54, 1.807) is 42.5 Å². The van der Waals surface area contributed by atoms with Crippen molar-refractivity contribution < 1.29 is 4.79 Å². The number of rotatable bonds is 3. The van der Waals surface area contributed by atoms with E-state index in [1.807, 2.05) is 19.2 Å². The van der Waals surface area contributed by atoms with Crippen LogP contribution in [0.25, 0.3) is 21.8 Å². The van der Waals surface area contributed by atoms with Gasteiger partial charge in [0.25, 0.3) is 5.91 Å². The number of carbonyl (C=O) groups is 1. The van der Waals surface area contributed by atoms with Crippen molar-refractivity contribution in [2.45, 2.75) is 11.8 Å². The number of aromatic amines is 1. The molecule has 0 saturated carbocycles. The van der Waals surface area contributed by atoms with Gasteiger partial charge in [0.2, 0.25) is 0 Å². The van der Waals surface area contributed by atoms with Gasteiger partial charge in [0.15, 0.2) is 0 Å². The number of nitrogens with one attached hydrogen (secondary N) is 2. The van der Waals surface area contributed by atoms with E-state index in [-0.39, 0.29) is 5.91 Å². The molecule has 3 aromatic heterocycles. The molecule has 0 radical (unpaired) electrons. The second kappa shape index (κ2) is 6.88. The van der Waals surface area contributed by atoms with Gasteiger partial charge < -0.3 is 10.3 Å². The van der Waals surface area contributed by atoms with Gasteiger partial charge in [-0.25, -0.2) is 0 Å². The highest BCUT2D eigenvalue weighted by Gasteiger charge is 2.19. The lowest BCUT2D eigenvalue weighted by atomic mass is 10.1. The third-order valence-electron chi connectivity index (χ3n) is 4.30. The minimum absolute atomic E-state index is 0.161. The van der Waals surface area contributed by atoms with Crippen LogP contribution in [-0.2, 0) is 0 Å². The van der Waals surface area contributed by atoms with Crippen molar-refractivity contribution in [1.29, 1.82) is 0 Å². The molecular weight excluding hydrogens is 459 g/mol. The van der Waals surface area contributed by atoms with Crippen LogP contribution in [0.3, 0.4) is 0 Å². The SMILES string of the molecule is CSc1c(I)cc2c([nH]c3cnccc32)c1NC(=O)c1cccnc1C. The number of benzene rings is 1. The minimum atomic E-state index is -0.161. The van der Waals surface area contributed by atoms with E-state index in [9.17, 15) is 4.79 Å². The summed E-state index contributed by atoms with van der Waals surface area (Å²) >= 11 is 3.93. The molecule has 1 aromatic carbocycles. The highest BCUT2D eigenvalue weighted by atomic mass is 127. The van der Waals surface area contributed by atoms with Gasteiger partial charge in [0.05, 0.1) is 28.5 Å². The molecule has 0 spiro atoms. The number of thioether (sulfide) groups is 1. The number of nitrogens with zero attached hydrogens (tertiary/aromatic N) is 2. The maximum Gasteiger partial charge on any atom is 0.257 e. The van der Waals surface area contributed by atoms with E-state index in [2.05, 4.69) is 48.9 Å². The third kappa shape index (κ3) is 2.84. The molecule has 0 aliphatic rings. The van der Waals surface area contributed by atoms with Crippen LogP contribution < -0.4 is 5.32 Å². The number of H-pyrrole nitrogens is 1. The Morgan fingerprint density at radius 2 is 2.12 bits per heavy atom. The third-order valence-corrected chi connectivity index (χ3v) is 6.35. The van der Waals surface area contributed by atoms with Gasteiger partial charge >= 0.3 is 0 Å². The van der Waals surface area contributed by atoms with Gasteiger partial charge in [-0.05, 0) is 60.0 Å². The van der Waals surface area contributed by atoms with E-state index < -0.39 is 0 Å². The number of carbonyl (C=O) groups excluding carboxylic acids is 1. The fourth-order valence-electron chi connectivity index (χ4n) is 3.06. The molecule has 0 unspecified atom stereocenters. The lowest BCUT2D eigenvalue weighted by Gasteiger charge is -2.13. The summed E-state index contributed by atoms with van der Waals surface area (Å²) < 4.78 is 1.10. The molecule has 5 nitrogen and oxygen atoms in total. The molecule has 0 saturated heterocycles. The summed E-state index contributed by atoms with van der Waals surface area (Å²) in [5.41, 5.74) is 3.93. The summed E-state index contributed by atoms with van der Waals surface area (Å²) in [7, 11) is 0. The van der Waals surface area contributed by atoms with Crippen molar-refractivity contribution in [1.82, 2.24) is 15.0 Å². The predicted molar refractivity (Wildman–Crippen MR) is 115 cm³/mol. The van der Waals surface area contributed by atoms with Gasteiger partial charge in [-0.3, -0.25) is 14.8 Å². The quantitative estimate of drug-likeness (QED) is 0.324. The number of amides is 1. The van der Waals surface area contributed by atoms with Gasteiger partial charge in [0.1, 0.15) is 0 Å². The highest BCUT2D eigenvalue weighted by Crippen LogP contribution is 2.40. The summed E-state index contributed by atoms with van der Waals surface area (Å²) in [6.45, 7) is 1.84. The van der Waals surface area contributed by atoms with Gasteiger partial charge in [-0.2, -0.15) is 0 Å². The zero-order chi connectivity index (χ0) is 18.3. The normalized spacial score (nSPS) is 11.2. The molecule has 0 aliphatic heterocycles. The Morgan fingerprint density at radius 3 is 2.88 bits per heavy atom. The molecule has 1 amide bonds. The number of hydrogen-bond donors (Lipinski definition) is 2. The van der Waals surface area contributed by atoms with Crippen molar-refractivity contribution in [3.05, 3.63) is 57.7 Å². The second-order valence-electron chi connectivity index (χ2n) is 5.83. The summed E-state index contributed by atoms with van der Waals surface area (Å²) in [4.78, 5) is 25.7. The maximum atomic E-state index is 12.9. The fourth-order valence-corrected chi connectivity index (χ4v) is 4.91.